The number of hydrogen-bond acceptors (Lipinski definition) is 3. The molecule has 96 valence electrons. The van der Waals surface area contributed by atoms with E-state index in [0.717, 1.165) is 4.88 Å². The molecule has 1 aromatic rings. The van der Waals surface area contributed by atoms with Gasteiger partial charge in [-0.25, -0.2) is 0 Å². The minimum absolute atomic E-state index is 0.0487. The monoisotopic (exact) mass is 255 g/mol. The van der Waals surface area contributed by atoms with E-state index >= 15 is 0 Å². The molecule has 0 radical (unpaired) electrons. The summed E-state index contributed by atoms with van der Waals surface area (Å²) in [5.74, 6) is 0.395. The fourth-order valence-electron chi connectivity index (χ4n) is 1.35. The highest BCUT2D eigenvalue weighted by atomic mass is 32.1. The van der Waals surface area contributed by atoms with Crippen LogP contribution in [0.4, 0.5) is 0 Å². The Bertz CT molecular complexity index is 335. The van der Waals surface area contributed by atoms with Crippen molar-refractivity contribution in [1.29, 1.82) is 0 Å². The summed E-state index contributed by atoms with van der Waals surface area (Å²) in [7, 11) is 0. The molecule has 0 aliphatic heterocycles. The molecule has 0 unspecified atom stereocenters. The maximum absolute atomic E-state index is 11.8. The molecule has 3 nitrogen and oxygen atoms in total. The van der Waals surface area contributed by atoms with Crippen LogP contribution in [0, 0.1) is 5.92 Å². The van der Waals surface area contributed by atoms with Crippen molar-refractivity contribution in [2.75, 3.05) is 6.61 Å². The van der Waals surface area contributed by atoms with Crippen LogP contribution in [0.3, 0.4) is 0 Å². The third-order valence-electron chi connectivity index (χ3n) is 2.38. The third-order valence-corrected chi connectivity index (χ3v) is 3.43. The lowest BCUT2D eigenvalue weighted by atomic mass is 10.2. The van der Waals surface area contributed by atoms with Crippen molar-refractivity contribution in [3.8, 4) is 0 Å². The fraction of sp³-hybridized carbons (Fsp3) is 0.615. The van der Waals surface area contributed by atoms with Gasteiger partial charge in [-0.1, -0.05) is 19.9 Å². The van der Waals surface area contributed by atoms with Crippen molar-refractivity contribution in [3.05, 3.63) is 22.4 Å². The molecule has 1 rings (SSSR count). The van der Waals surface area contributed by atoms with Gasteiger partial charge in [0.2, 0.25) is 5.91 Å². The second-order valence-electron chi connectivity index (χ2n) is 4.62. The molecule has 0 aromatic carbocycles. The first-order chi connectivity index (χ1) is 8.00. The van der Waals surface area contributed by atoms with Gasteiger partial charge in [0.1, 0.15) is 6.10 Å². The molecule has 1 heterocycles. The first kappa shape index (κ1) is 14.2. The molecule has 0 spiro atoms. The maximum atomic E-state index is 11.8. The van der Waals surface area contributed by atoms with E-state index in [9.17, 15) is 4.79 Å². The number of ether oxygens (including phenoxy) is 1. The molecule has 2 atom stereocenters. The van der Waals surface area contributed by atoms with Crippen LogP contribution in [0.15, 0.2) is 17.5 Å². The minimum Gasteiger partial charge on any atom is -0.368 e. The molecule has 0 aliphatic rings. The van der Waals surface area contributed by atoms with Gasteiger partial charge in [-0.2, -0.15) is 0 Å². The Balaban J connectivity index is 2.38. The molecule has 0 bridgehead atoms. The summed E-state index contributed by atoms with van der Waals surface area (Å²) in [4.78, 5) is 13.0. The summed E-state index contributed by atoms with van der Waals surface area (Å²) in [5.41, 5.74) is 0. The zero-order valence-electron chi connectivity index (χ0n) is 10.9. The molecule has 4 heteroatoms. The molecule has 0 aliphatic carbocycles. The van der Waals surface area contributed by atoms with Gasteiger partial charge < -0.3 is 10.1 Å². The number of nitrogens with one attached hydrogen (secondary N) is 1. The predicted molar refractivity (Wildman–Crippen MR) is 71.1 cm³/mol. The fourth-order valence-corrected chi connectivity index (χ4v) is 2.09. The Hall–Kier alpha value is -0.870. The quantitative estimate of drug-likeness (QED) is 0.848. The van der Waals surface area contributed by atoms with Crippen molar-refractivity contribution in [1.82, 2.24) is 5.32 Å². The van der Waals surface area contributed by atoms with E-state index in [1.165, 1.54) is 0 Å². The van der Waals surface area contributed by atoms with Crippen molar-refractivity contribution >= 4 is 17.2 Å². The van der Waals surface area contributed by atoms with E-state index in [0.29, 0.717) is 12.5 Å². The highest BCUT2D eigenvalue weighted by molar-refractivity contribution is 7.10. The molecular formula is C13H21NO2S. The van der Waals surface area contributed by atoms with Gasteiger partial charge in [0.15, 0.2) is 0 Å². The van der Waals surface area contributed by atoms with Gasteiger partial charge in [-0.3, -0.25) is 4.79 Å². The number of rotatable bonds is 6. The zero-order chi connectivity index (χ0) is 12.8. The van der Waals surface area contributed by atoms with Crippen LogP contribution in [0.5, 0.6) is 0 Å². The molecule has 1 aromatic heterocycles. The minimum atomic E-state index is -0.389. The highest BCUT2D eigenvalue weighted by Crippen LogP contribution is 2.18. The van der Waals surface area contributed by atoms with Crippen LogP contribution in [-0.2, 0) is 9.53 Å². The number of carbonyl (C=O) groups is 1. The Morgan fingerprint density at radius 2 is 2.12 bits per heavy atom. The largest absolute Gasteiger partial charge is 0.368 e. The van der Waals surface area contributed by atoms with Crippen LogP contribution in [0.25, 0.3) is 0 Å². The standard InChI is InChI=1S/C13H21NO2S/c1-9(2)8-16-11(4)13(15)14-10(3)12-6-5-7-17-12/h5-7,9-11H,8H2,1-4H3,(H,14,15)/t10-,11+/m1/s1. The third kappa shape index (κ3) is 4.88. The first-order valence-electron chi connectivity index (χ1n) is 5.96. The molecule has 17 heavy (non-hydrogen) atoms. The smallest absolute Gasteiger partial charge is 0.249 e. The summed E-state index contributed by atoms with van der Waals surface area (Å²) < 4.78 is 5.47. The van der Waals surface area contributed by atoms with Crippen molar-refractivity contribution in [2.45, 2.75) is 39.8 Å². The summed E-state index contributed by atoms with van der Waals surface area (Å²) in [6.07, 6.45) is -0.389. The molecule has 1 amide bonds. The normalized spacial score (nSPS) is 14.6. The van der Waals surface area contributed by atoms with E-state index in [1.807, 2.05) is 24.4 Å². The average Bonchev–Trinajstić information content (AvgIpc) is 2.78. The van der Waals surface area contributed by atoms with Crippen LogP contribution in [-0.4, -0.2) is 18.6 Å². The summed E-state index contributed by atoms with van der Waals surface area (Å²) in [6.45, 7) is 8.53. The van der Waals surface area contributed by atoms with Crippen LogP contribution < -0.4 is 5.32 Å². The lowest BCUT2D eigenvalue weighted by molar-refractivity contribution is -0.133. The van der Waals surface area contributed by atoms with Gasteiger partial charge in [-0.05, 0) is 31.2 Å². The molecule has 0 fully saturated rings. The van der Waals surface area contributed by atoms with E-state index in [-0.39, 0.29) is 18.1 Å². The topological polar surface area (TPSA) is 38.3 Å². The first-order valence-corrected chi connectivity index (χ1v) is 6.84. The SMILES string of the molecule is CC(C)CO[C@@H](C)C(=O)N[C@H](C)c1cccs1. The predicted octanol–water partition coefficient (Wildman–Crippen LogP) is 2.99. The number of carbonyl (C=O) groups excluding carboxylic acids is 1. The molecule has 1 N–H and O–H groups in total. The summed E-state index contributed by atoms with van der Waals surface area (Å²) >= 11 is 1.65. The van der Waals surface area contributed by atoms with Crippen LogP contribution in [0.1, 0.15) is 38.6 Å². The van der Waals surface area contributed by atoms with Crippen molar-refractivity contribution in [3.63, 3.8) is 0 Å². The average molecular weight is 255 g/mol. The summed E-state index contributed by atoms with van der Waals surface area (Å²) in [5, 5.41) is 4.96. The zero-order valence-corrected chi connectivity index (χ0v) is 11.7. The van der Waals surface area contributed by atoms with Crippen LogP contribution in [0.2, 0.25) is 0 Å². The lowest BCUT2D eigenvalue weighted by Crippen LogP contribution is -2.36. The van der Waals surface area contributed by atoms with Gasteiger partial charge in [0, 0.05) is 11.5 Å². The Morgan fingerprint density at radius 3 is 2.65 bits per heavy atom. The number of amides is 1. The van der Waals surface area contributed by atoms with Gasteiger partial charge in [-0.15, -0.1) is 11.3 Å². The number of hydrogen-bond donors (Lipinski definition) is 1. The summed E-state index contributed by atoms with van der Waals surface area (Å²) in [6, 6.07) is 4.06. The van der Waals surface area contributed by atoms with E-state index in [4.69, 9.17) is 4.74 Å². The second kappa shape index (κ2) is 6.77. The molecule has 0 saturated heterocycles. The van der Waals surface area contributed by atoms with Crippen LogP contribution >= 0.6 is 11.3 Å². The molecule has 0 saturated carbocycles. The highest BCUT2D eigenvalue weighted by Gasteiger charge is 2.17. The van der Waals surface area contributed by atoms with E-state index < -0.39 is 0 Å². The Labute approximate surface area is 107 Å². The van der Waals surface area contributed by atoms with Crippen molar-refractivity contribution in [2.24, 2.45) is 5.92 Å². The van der Waals surface area contributed by atoms with Gasteiger partial charge >= 0.3 is 0 Å². The van der Waals surface area contributed by atoms with Gasteiger partial charge in [0.05, 0.1) is 6.04 Å². The Kier molecular flexibility index (Phi) is 5.65. The Morgan fingerprint density at radius 1 is 1.41 bits per heavy atom. The lowest BCUT2D eigenvalue weighted by Gasteiger charge is -2.18. The van der Waals surface area contributed by atoms with E-state index in [1.54, 1.807) is 18.3 Å². The van der Waals surface area contributed by atoms with E-state index in [2.05, 4.69) is 19.2 Å². The second-order valence-corrected chi connectivity index (χ2v) is 5.59. The van der Waals surface area contributed by atoms with Crippen molar-refractivity contribution < 1.29 is 9.53 Å². The number of thiophene rings is 1. The maximum Gasteiger partial charge on any atom is 0.249 e. The molecular weight excluding hydrogens is 234 g/mol. The van der Waals surface area contributed by atoms with Gasteiger partial charge in [0.25, 0.3) is 0 Å².